The molecule has 1 aromatic heterocycles. The molecule has 2 heterocycles. The topological polar surface area (TPSA) is 50.2 Å². The van der Waals surface area contributed by atoms with Crippen molar-refractivity contribution in [1.82, 2.24) is 20.0 Å². The van der Waals surface area contributed by atoms with E-state index >= 15 is 0 Å². The highest BCUT2D eigenvalue weighted by Gasteiger charge is 2.27. The molecule has 7 heteroatoms. The average molecular weight is 320 g/mol. The largest absolute Gasteiger partial charge is 0.334 e. The minimum absolute atomic E-state index is 0.175. The molecule has 1 aliphatic rings. The monoisotopic (exact) mass is 320 g/mol. The lowest BCUT2D eigenvalue weighted by atomic mass is 10.1. The fraction of sp³-hybridized carbons (Fsp3) is 0.375. The van der Waals surface area contributed by atoms with Crippen LogP contribution in [0.5, 0.6) is 0 Å². The summed E-state index contributed by atoms with van der Waals surface area (Å²) < 4.78 is 28.7. The predicted octanol–water partition coefficient (Wildman–Crippen LogP) is 1.97. The van der Waals surface area contributed by atoms with Gasteiger partial charge in [0.05, 0.1) is 0 Å². The molecule has 3 rings (SSSR count). The first kappa shape index (κ1) is 15.6. The summed E-state index contributed by atoms with van der Waals surface area (Å²) >= 11 is 0. The van der Waals surface area contributed by atoms with Crippen LogP contribution in [0.2, 0.25) is 0 Å². The summed E-state index contributed by atoms with van der Waals surface area (Å²) in [4.78, 5) is 14.2. The highest BCUT2D eigenvalue weighted by atomic mass is 19.1. The lowest BCUT2D eigenvalue weighted by Gasteiger charge is -2.35. The molecule has 1 saturated heterocycles. The van der Waals surface area contributed by atoms with Gasteiger partial charge < -0.3 is 10.2 Å². The van der Waals surface area contributed by atoms with Gasteiger partial charge in [0.2, 0.25) is 0 Å². The summed E-state index contributed by atoms with van der Waals surface area (Å²) in [5.74, 6) is -1.69. The van der Waals surface area contributed by atoms with Gasteiger partial charge in [-0.15, -0.1) is 0 Å². The Bertz CT molecular complexity index is 700. The molecule has 23 heavy (non-hydrogen) atoms. The second kappa shape index (κ2) is 6.08. The number of carbonyl (C=O) groups excluding carboxylic acids is 1. The van der Waals surface area contributed by atoms with Gasteiger partial charge in [-0.1, -0.05) is 6.07 Å². The van der Waals surface area contributed by atoms with E-state index in [4.69, 9.17) is 0 Å². The van der Waals surface area contributed by atoms with Crippen molar-refractivity contribution in [2.24, 2.45) is 0 Å². The first-order valence-electron chi connectivity index (χ1n) is 7.51. The Morgan fingerprint density at radius 2 is 1.78 bits per heavy atom. The molecule has 0 radical (unpaired) electrons. The lowest BCUT2D eigenvalue weighted by Crippen LogP contribution is -2.55. The number of aromatic nitrogens is 2. The number of amides is 1. The van der Waals surface area contributed by atoms with Gasteiger partial charge in [-0.25, -0.2) is 13.5 Å². The normalized spacial score (nSPS) is 21.5. The number of carbonyl (C=O) groups is 1. The third-order valence-corrected chi connectivity index (χ3v) is 3.82. The second-order valence-corrected chi connectivity index (χ2v) is 5.89. The molecule has 2 aromatic rings. The number of piperazine rings is 1. The third-order valence-electron chi connectivity index (χ3n) is 3.82. The predicted molar refractivity (Wildman–Crippen MR) is 81.4 cm³/mol. The van der Waals surface area contributed by atoms with Crippen molar-refractivity contribution in [3.8, 4) is 5.69 Å². The standard InChI is InChI=1S/C16H18F2N4O/c1-10-8-21(9-11(2)19-10)16(23)14-6-7-22(20-14)15-12(17)4-3-5-13(15)18/h3-7,10-11,19H,8-9H2,1-2H3/t10-,11-/m1/s1. The highest BCUT2D eigenvalue weighted by molar-refractivity contribution is 5.92. The molecule has 0 aliphatic carbocycles. The zero-order chi connectivity index (χ0) is 16.6. The van der Waals surface area contributed by atoms with Gasteiger partial charge in [0, 0.05) is 31.4 Å². The Labute approximate surface area is 132 Å². The summed E-state index contributed by atoms with van der Waals surface area (Å²) in [5.41, 5.74) is -0.109. The highest BCUT2D eigenvalue weighted by Crippen LogP contribution is 2.17. The average Bonchev–Trinajstić information content (AvgIpc) is 2.94. The second-order valence-electron chi connectivity index (χ2n) is 5.89. The van der Waals surface area contributed by atoms with Crippen molar-refractivity contribution in [2.45, 2.75) is 25.9 Å². The molecule has 0 bridgehead atoms. The first-order chi connectivity index (χ1) is 11.0. The Morgan fingerprint density at radius 1 is 1.17 bits per heavy atom. The minimum Gasteiger partial charge on any atom is -0.334 e. The van der Waals surface area contributed by atoms with Gasteiger partial charge >= 0.3 is 0 Å². The number of para-hydroxylation sites is 1. The van der Waals surface area contributed by atoms with E-state index in [1.165, 1.54) is 18.3 Å². The molecule has 0 unspecified atom stereocenters. The Hall–Kier alpha value is -2.28. The fourth-order valence-electron chi connectivity index (χ4n) is 2.93. The number of nitrogens with one attached hydrogen (secondary N) is 1. The van der Waals surface area contributed by atoms with Crippen molar-refractivity contribution >= 4 is 5.91 Å². The smallest absolute Gasteiger partial charge is 0.274 e. The lowest BCUT2D eigenvalue weighted by molar-refractivity contribution is 0.0667. The van der Waals surface area contributed by atoms with Crippen molar-refractivity contribution < 1.29 is 13.6 Å². The molecule has 122 valence electrons. The van der Waals surface area contributed by atoms with Crippen LogP contribution in [0.1, 0.15) is 24.3 Å². The summed E-state index contributed by atoms with van der Waals surface area (Å²) in [5, 5.41) is 7.40. The molecule has 5 nitrogen and oxygen atoms in total. The molecule has 1 amide bonds. The molecular weight excluding hydrogens is 302 g/mol. The van der Waals surface area contributed by atoms with Crippen LogP contribution < -0.4 is 5.32 Å². The van der Waals surface area contributed by atoms with E-state index in [0.717, 1.165) is 16.8 Å². The van der Waals surface area contributed by atoms with Crippen LogP contribution >= 0.6 is 0 Å². The quantitative estimate of drug-likeness (QED) is 0.920. The number of hydrogen-bond acceptors (Lipinski definition) is 3. The number of benzene rings is 1. The van der Waals surface area contributed by atoms with Crippen LogP contribution in [0.4, 0.5) is 8.78 Å². The van der Waals surface area contributed by atoms with Crippen LogP contribution in [0.15, 0.2) is 30.5 Å². The van der Waals surface area contributed by atoms with E-state index in [1.54, 1.807) is 4.90 Å². The van der Waals surface area contributed by atoms with Gasteiger partial charge in [-0.05, 0) is 32.0 Å². The first-order valence-corrected chi connectivity index (χ1v) is 7.51. The summed E-state index contributed by atoms with van der Waals surface area (Å²) in [6.07, 6.45) is 1.39. The molecule has 0 spiro atoms. The molecule has 1 aliphatic heterocycles. The van der Waals surface area contributed by atoms with Gasteiger partial charge in [-0.2, -0.15) is 5.10 Å². The van der Waals surface area contributed by atoms with Crippen LogP contribution in [0.3, 0.4) is 0 Å². The van der Waals surface area contributed by atoms with E-state index in [1.807, 2.05) is 13.8 Å². The van der Waals surface area contributed by atoms with Gasteiger partial charge in [0.1, 0.15) is 5.69 Å². The Kier molecular flexibility index (Phi) is 4.12. The number of halogens is 2. The maximum absolute atomic E-state index is 13.8. The third kappa shape index (κ3) is 3.10. The zero-order valence-corrected chi connectivity index (χ0v) is 13.0. The van der Waals surface area contributed by atoms with E-state index in [9.17, 15) is 13.6 Å². The van der Waals surface area contributed by atoms with Crippen LogP contribution in [0.25, 0.3) is 5.69 Å². The van der Waals surface area contributed by atoms with Crippen LogP contribution in [0, 0.1) is 11.6 Å². The molecule has 0 saturated carbocycles. The van der Waals surface area contributed by atoms with Crippen LogP contribution in [-0.4, -0.2) is 45.8 Å². The van der Waals surface area contributed by atoms with E-state index in [0.29, 0.717) is 13.1 Å². The maximum Gasteiger partial charge on any atom is 0.274 e. The SMILES string of the molecule is C[C@@H]1CN(C(=O)c2ccn(-c3c(F)cccc3F)n2)C[C@@H](C)N1. The van der Waals surface area contributed by atoms with Crippen LogP contribution in [-0.2, 0) is 0 Å². The van der Waals surface area contributed by atoms with Crippen molar-refractivity contribution in [1.29, 1.82) is 0 Å². The molecule has 1 fully saturated rings. The summed E-state index contributed by atoms with van der Waals surface area (Å²) in [6, 6.07) is 5.45. The molecular formula is C16H18F2N4O. The molecule has 1 aromatic carbocycles. The minimum atomic E-state index is -0.725. The molecule has 2 atom stereocenters. The summed E-state index contributed by atoms with van der Waals surface area (Å²) in [7, 11) is 0. The molecule has 1 N–H and O–H groups in total. The maximum atomic E-state index is 13.8. The summed E-state index contributed by atoms with van der Waals surface area (Å²) in [6.45, 7) is 5.15. The van der Waals surface area contributed by atoms with E-state index < -0.39 is 11.6 Å². The van der Waals surface area contributed by atoms with Crippen molar-refractivity contribution in [3.05, 3.63) is 47.8 Å². The number of nitrogens with zero attached hydrogens (tertiary/aromatic N) is 3. The van der Waals surface area contributed by atoms with Gasteiger partial charge in [0.25, 0.3) is 5.91 Å². The van der Waals surface area contributed by atoms with Crippen molar-refractivity contribution in [2.75, 3.05) is 13.1 Å². The van der Waals surface area contributed by atoms with E-state index in [2.05, 4.69) is 10.4 Å². The number of rotatable bonds is 2. The van der Waals surface area contributed by atoms with Gasteiger partial charge in [-0.3, -0.25) is 4.79 Å². The fourth-order valence-corrected chi connectivity index (χ4v) is 2.93. The van der Waals surface area contributed by atoms with Gasteiger partial charge in [0.15, 0.2) is 17.3 Å². The Balaban J connectivity index is 1.86. The van der Waals surface area contributed by atoms with Crippen molar-refractivity contribution in [3.63, 3.8) is 0 Å². The zero-order valence-electron chi connectivity index (χ0n) is 13.0. The number of hydrogen-bond donors (Lipinski definition) is 1. The Morgan fingerprint density at radius 3 is 2.39 bits per heavy atom. The van der Waals surface area contributed by atoms with E-state index in [-0.39, 0.29) is 29.4 Å².